The zero-order chi connectivity index (χ0) is 16.8. The second kappa shape index (κ2) is 8.11. The van der Waals surface area contributed by atoms with Gasteiger partial charge in [0, 0.05) is 6.54 Å². The minimum atomic E-state index is -0.384. The van der Waals surface area contributed by atoms with E-state index in [1.54, 1.807) is 13.8 Å². The van der Waals surface area contributed by atoms with Gasteiger partial charge in [0.25, 0.3) is 0 Å². The van der Waals surface area contributed by atoms with Gasteiger partial charge in [-0.25, -0.2) is 0 Å². The molecule has 1 heterocycles. The topological polar surface area (TPSA) is 55.8 Å². The molecule has 1 fully saturated rings. The number of nitrogens with zero attached hydrogens (tertiary/aromatic N) is 1. The summed E-state index contributed by atoms with van der Waals surface area (Å²) in [5.74, 6) is -0.516. The number of hydrogen-bond acceptors (Lipinski definition) is 5. The van der Waals surface area contributed by atoms with E-state index in [0.29, 0.717) is 32.6 Å². The van der Waals surface area contributed by atoms with Gasteiger partial charge in [-0.2, -0.15) is 0 Å². The largest absolute Gasteiger partial charge is 0.465 e. The van der Waals surface area contributed by atoms with Gasteiger partial charge in [-0.15, -0.1) is 0 Å². The molecule has 2 unspecified atom stereocenters. The van der Waals surface area contributed by atoms with Crippen molar-refractivity contribution in [2.75, 3.05) is 13.2 Å². The zero-order valence-electron chi connectivity index (χ0n) is 14.1. The molecule has 1 aromatic rings. The molecule has 0 spiro atoms. The maximum Gasteiger partial charge on any atom is 0.323 e. The molecule has 126 valence electrons. The highest BCUT2D eigenvalue weighted by Crippen LogP contribution is 2.28. The molecule has 0 amide bonds. The van der Waals surface area contributed by atoms with E-state index in [1.807, 2.05) is 36.1 Å². The fourth-order valence-electron chi connectivity index (χ4n) is 2.97. The van der Waals surface area contributed by atoms with Crippen molar-refractivity contribution in [3.63, 3.8) is 0 Å². The highest BCUT2D eigenvalue weighted by molar-refractivity contribution is 5.81. The molecule has 1 aliphatic heterocycles. The molecule has 1 saturated heterocycles. The number of benzene rings is 1. The Morgan fingerprint density at radius 2 is 1.48 bits per heavy atom. The maximum absolute atomic E-state index is 12.2. The van der Waals surface area contributed by atoms with E-state index < -0.39 is 0 Å². The van der Waals surface area contributed by atoms with Gasteiger partial charge in [-0.3, -0.25) is 14.5 Å². The maximum atomic E-state index is 12.2. The average molecular weight is 319 g/mol. The Labute approximate surface area is 137 Å². The van der Waals surface area contributed by atoms with E-state index in [-0.39, 0.29) is 24.0 Å². The molecule has 2 rings (SSSR count). The Balaban J connectivity index is 2.18. The highest BCUT2D eigenvalue weighted by Gasteiger charge is 2.42. The summed E-state index contributed by atoms with van der Waals surface area (Å²) in [7, 11) is 0. The van der Waals surface area contributed by atoms with Crippen LogP contribution < -0.4 is 0 Å². The SMILES string of the molecule is CCOC(=O)C1CCC(C(=O)OCC)N1Cc1ccc(C)cc1. The van der Waals surface area contributed by atoms with Crippen molar-refractivity contribution in [2.45, 2.75) is 52.2 Å². The zero-order valence-corrected chi connectivity index (χ0v) is 14.1. The van der Waals surface area contributed by atoms with Crippen molar-refractivity contribution in [1.82, 2.24) is 4.90 Å². The number of aryl methyl sites for hydroxylation is 1. The number of carbonyl (C=O) groups is 2. The molecule has 0 aromatic heterocycles. The number of rotatable bonds is 6. The van der Waals surface area contributed by atoms with Gasteiger partial charge < -0.3 is 9.47 Å². The van der Waals surface area contributed by atoms with Crippen molar-refractivity contribution in [3.8, 4) is 0 Å². The molecule has 5 nitrogen and oxygen atoms in total. The molecule has 0 aliphatic carbocycles. The second-order valence-electron chi connectivity index (χ2n) is 5.77. The van der Waals surface area contributed by atoms with E-state index in [2.05, 4.69) is 0 Å². The highest BCUT2D eigenvalue weighted by atomic mass is 16.5. The van der Waals surface area contributed by atoms with E-state index in [1.165, 1.54) is 5.56 Å². The molecule has 2 atom stereocenters. The Morgan fingerprint density at radius 3 is 1.91 bits per heavy atom. The van der Waals surface area contributed by atoms with Crippen LogP contribution in [-0.2, 0) is 25.6 Å². The Hall–Kier alpha value is -1.88. The molecule has 0 N–H and O–H groups in total. The smallest absolute Gasteiger partial charge is 0.323 e. The quantitative estimate of drug-likeness (QED) is 0.754. The third kappa shape index (κ3) is 4.32. The molecule has 5 heteroatoms. The molecular formula is C18H25NO4. The first-order valence-corrected chi connectivity index (χ1v) is 8.21. The van der Waals surface area contributed by atoms with Crippen LogP contribution in [0.25, 0.3) is 0 Å². The number of ether oxygens (including phenoxy) is 2. The van der Waals surface area contributed by atoms with Gasteiger partial charge in [0.2, 0.25) is 0 Å². The normalized spacial score (nSPS) is 21.2. The predicted molar refractivity (Wildman–Crippen MR) is 86.8 cm³/mol. The van der Waals surface area contributed by atoms with Crippen LogP contribution in [0.5, 0.6) is 0 Å². The summed E-state index contributed by atoms with van der Waals surface area (Å²) < 4.78 is 10.3. The van der Waals surface area contributed by atoms with Crippen molar-refractivity contribution in [2.24, 2.45) is 0 Å². The number of likely N-dealkylation sites (tertiary alicyclic amines) is 1. The van der Waals surface area contributed by atoms with Crippen molar-refractivity contribution >= 4 is 11.9 Å². The third-order valence-electron chi connectivity index (χ3n) is 4.12. The van der Waals surface area contributed by atoms with E-state index >= 15 is 0 Å². The molecule has 1 aromatic carbocycles. The fourth-order valence-corrected chi connectivity index (χ4v) is 2.97. The summed E-state index contributed by atoms with van der Waals surface area (Å²) in [4.78, 5) is 26.3. The fraction of sp³-hybridized carbons (Fsp3) is 0.556. The van der Waals surface area contributed by atoms with Gasteiger partial charge in [0.05, 0.1) is 13.2 Å². The van der Waals surface area contributed by atoms with Gasteiger partial charge >= 0.3 is 11.9 Å². The average Bonchev–Trinajstić information content (AvgIpc) is 2.94. The Morgan fingerprint density at radius 1 is 1.00 bits per heavy atom. The Kier molecular flexibility index (Phi) is 6.16. The summed E-state index contributed by atoms with van der Waals surface area (Å²) in [6, 6.07) is 7.35. The molecule has 0 bridgehead atoms. The lowest BCUT2D eigenvalue weighted by molar-refractivity contribution is -0.153. The summed E-state index contributed by atoms with van der Waals surface area (Å²) in [5.41, 5.74) is 2.25. The van der Waals surface area contributed by atoms with Crippen LogP contribution >= 0.6 is 0 Å². The van der Waals surface area contributed by atoms with Crippen molar-refractivity contribution in [3.05, 3.63) is 35.4 Å². The summed E-state index contributed by atoms with van der Waals surface area (Å²) in [6.07, 6.45) is 1.24. The van der Waals surface area contributed by atoms with Gasteiger partial charge in [-0.1, -0.05) is 29.8 Å². The third-order valence-corrected chi connectivity index (χ3v) is 4.12. The first-order valence-electron chi connectivity index (χ1n) is 8.21. The van der Waals surface area contributed by atoms with Crippen LogP contribution in [0.15, 0.2) is 24.3 Å². The van der Waals surface area contributed by atoms with Crippen LogP contribution in [0.1, 0.15) is 37.8 Å². The Bertz CT molecular complexity index is 514. The van der Waals surface area contributed by atoms with E-state index in [9.17, 15) is 9.59 Å². The van der Waals surface area contributed by atoms with E-state index in [4.69, 9.17) is 9.47 Å². The lowest BCUT2D eigenvalue weighted by Gasteiger charge is -2.27. The van der Waals surface area contributed by atoms with Crippen molar-refractivity contribution in [1.29, 1.82) is 0 Å². The van der Waals surface area contributed by atoms with Gasteiger partial charge in [0.1, 0.15) is 12.1 Å². The number of esters is 2. The first-order chi connectivity index (χ1) is 11.1. The lowest BCUT2D eigenvalue weighted by atomic mass is 10.1. The lowest BCUT2D eigenvalue weighted by Crippen LogP contribution is -2.44. The molecule has 1 aliphatic rings. The minimum Gasteiger partial charge on any atom is -0.465 e. The molecular weight excluding hydrogens is 294 g/mol. The molecule has 0 radical (unpaired) electrons. The summed E-state index contributed by atoms with van der Waals surface area (Å²) >= 11 is 0. The monoisotopic (exact) mass is 319 g/mol. The first kappa shape index (κ1) is 17.5. The summed E-state index contributed by atoms with van der Waals surface area (Å²) in [6.45, 7) is 6.84. The van der Waals surface area contributed by atoms with Crippen LogP contribution in [0, 0.1) is 6.92 Å². The van der Waals surface area contributed by atoms with Gasteiger partial charge in [0.15, 0.2) is 0 Å². The van der Waals surface area contributed by atoms with E-state index in [0.717, 1.165) is 5.56 Å². The molecule has 23 heavy (non-hydrogen) atoms. The summed E-state index contributed by atoms with van der Waals surface area (Å²) in [5, 5.41) is 0. The molecule has 0 saturated carbocycles. The van der Waals surface area contributed by atoms with Crippen LogP contribution in [0.3, 0.4) is 0 Å². The minimum absolute atomic E-state index is 0.258. The standard InChI is InChI=1S/C18H25NO4/c1-4-22-17(20)15-10-11-16(18(21)23-5-2)19(15)12-14-8-6-13(3)7-9-14/h6-9,15-16H,4-5,10-12H2,1-3H3. The van der Waals surface area contributed by atoms with Crippen LogP contribution in [-0.4, -0.2) is 42.1 Å². The van der Waals surface area contributed by atoms with Crippen LogP contribution in [0.2, 0.25) is 0 Å². The van der Waals surface area contributed by atoms with Crippen LogP contribution in [0.4, 0.5) is 0 Å². The van der Waals surface area contributed by atoms with Gasteiger partial charge in [-0.05, 0) is 39.2 Å². The number of carbonyl (C=O) groups excluding carboxylic acids is 2. The predicted octanol–water partition coefficient (Wildman–Crippen LogP) is 2.45. The second-order valence-corrected chi connectivity index (χ2v) is 5.77. The van der Waals surface area contributed by atoms with Crippen molar-refractivity contribution < 1.29 is 19.1 Å². The number of hydrogen-bond donors (Lipinski definition) is 0.